The molecular formula is C6H4BrF3N2. The molecule has 0 aromatic carbocycles. The molecule has 2 nitrogen and oxygen atoms in total. The average Bonchev–Trinajstić information content (AvgIpc) is 1.97. The molecule has 0 aliphatic carbocycles. The minimum atomic E-state index is -2.95. The highest BCUT2D eigenvalue weighted by Crippen LogP contribution is 2.29. The molecule has 66 valence electrons. The van der Waals surface area contributed by atoms with E-state index in [4.69, 9.17) is 5.73 Å². The number of rotatable bonds is 1. The second kappa shape index (κ2) is 3.30. The van der Waals surface area contributed by atoms with Crippen molar-refractivity contribution in [3.05, 3.63) is 22.1 Å². The molecule has 0 saturated carbocycles. The Morgan fingerprint density at radius 3 is 2.50 bits per heavy atom. The summed E-state index contributed by atoms with van der Waals surface area (Å²) in [6.45, 7) is 0. The molecule has 0 aliphatic heterocycles. The summed E-state index contributed by atoms with van der Waals surface area (Å²) in [7, 11) is 0. The number of pyridine rings is 1. The van der Waals surface area contributed by atoms with Crippen LogP contribution >= 0.6 is 15.9 Å². The van der Waals surface area contributed by atoms with Crippen LogP contribution in [0.2, 0.25) is 0 Å². The van der Waals surface area contributed by atoms with Crippen molar-refractivity contribution in [2.24, 2.45) is 0 Å². The summed E-state index contributed by atoms with van der Waals surface area (Å²) in [4.78, 5) is 3.37. The lowest BCUT2D eigenvalue weighted by atomic mass is 10.2. The van der Waals surface area contributed by atoms with Crippen molar-refractivity contribution < 1.29 is 13.2 Å². The van der Waals surface area contributed by atoms with E-state index in [0.29, 0.717) is 0 Å². The highest BCUT2D eigenvalue weighted by molar-refractivity contribution is 9.10. The number of aromatic nitrogens is 1. The lowest BCUT2D eigenvalue weighted by molar-refractivity contribution is 0.146. The molecule has 0 radical (unpaired) electrons. The molecule has 2 N–H and O–H groups in total. The average molecular weight is 241 g/mol. The number of halogens is 4. The summed E-state index contributed by atoms with van der Waals surface area (Å²) >= 11 is 2.72. The zero-order valence-corrected chi connectivity index (χ0v) is 7.28. The second-order valence-electron chi connectivity index (χ2n) is 2.02. The van der Waals surface area contributed by atoms with Gasteiger partial charge in [0.25, 0.3) is 6.43 Å². The molecule has 1 heterocycles. The summed E-state index contributed by atoms with van der Waals surface area (Å²) in [5, 5.41) is 0. The number of hydrogen-bond donors (Lipinski definition) is 1. The number of hydrogen-bond acceptors (Lipinski definition) is 2. The van der Waals surface area contributed by atoms with Crippen molar-refractivity contribution in [2.45, 2.75) is 6.43 Å². The van der Waals surface area contributed by atoms with Gasteiger partial charge in [-0.2, -0.15) is 0 Å². The molecule has 1 aromatic heterocycles. The molecule has 0 saturated heterocycles. The number of nitrogens with zero attached hydrogens (tertiary/aromatic N) is 1. The monoisotopic (exact) mass is 240 g/mol. The van der Waals surface area contributed by atoms with Crippen LogP contribution in [-0.4, -0.2) is 4.98 Å². The predicted octanol–water partition coefficient (Wildman–Crippen LogP) is 2.50. The van der Waals surface area contributed by atoms with Gasteiger partial charge >= 0.3 is 0 Å². The van der Waals surface area contributed by atoms with Gasteiger partial charge < -0.3 is 5.73 Å². The van der Waals surface area contributed by atoms with Gasteiger partial charge in [0.2, 0.25) is 0 Å². The minimum absolute atomic E-state index is 0.119. The molecule has 0 unspecified atom stereocenters. The smallest absolute Gasteiger partial charge is 0.270 e. The first-order valence-corrected chi connectivity index (χ1v) is 3.71. The maximum absolute atomic E-state index is 12.9. The van der Waals surface area contributed by atoms with Crippen LogP contribution in [-0.2, 0) is 0 Å². The third kappa shape index (κ3) is 1.52. The zero-order chi connectivity index (χ0) is 9.30. The number of anilines is 1. The Balaban J connectivity index is 3.33. The number of alkyl halides is 2. The lowest BCUT2D eigenvalue weighted by Gasteiger charge is -2.05. The van der Waals surface area contributed by atoms with E-state index in [-0.39, 0.29) is 4.47 Å². The van der Waals surface area contributed by atoms with Crippen LogP contribution in [0, 0.1) is 5.82 Å². The zero-order valence-electron chi connectivity index (χ0n) is 5.69. The third-order valence-electron chi connectivity index (χ3n) is 1.26. The van der Waals surface area contributed by atoms with Crippen LogP contribution in [0.4, 0.5) is 19.0 Å². The van der Waals surface area contributed by atoms with E-state index in [1.54, 1.807) is 0 Å². The molecule has 0 aliphatic rings. The lowest BCUT2D eigenvalue weighted by Crippen LogP contribution is -2.02. The van der Waals surface area contributed by atoms with Crippen LogP contribution in [0.3, 0.4) is 0 Å². The quantitative estimate of drug-likeness (QED) is 0.820. The maximum atomic E-state index is 12.9. The fourth-order valence-corrected chi connectivity index (χ4v) is 1.02. The minimum Gasteiger partial charge on any atom is -0.383 e. The van der Waals surface area contributed by atoms with Gasteiger partial charge in [-0.15, -0.1) is 0 Å². The highest BCUT2D eigenvalue weighted by atomic mass is 79.9. The molecule has 0 atom stereocenters. The molecule has 6 heteroatoms. The van der Waals surface area contributed by atoms with Crippen LogP contribution in [0.25, 0.3) is 0 Å². The topological polar surface area (TPSA) is 38.9 Å². The fourth-order valence-electron chi connectivity index (χ4n) is 0.701. The van der Waals surface area contributed by atoms with Crippen molar-refractivity contribution in [1.29, 1.82) is 0 Å². The van der Waals surface area contributed by atoms with Crippen LogP contribution in [0.1, 0.15) is 12.0 Å². The molecule has 1 rings (SSSR count). The van der Waals surface area contributed by atoms with E-state index in [1.165, 1.54) is 0 Å². The van der Waals surface area contributed by atoms with E-state index < -0.39 is 23.6 Å². The Hall–Kier alpha value is -0.780. The summed E-state index contributed by atoms with van der Waals surface area (Å²) in [6.07, 6.45) is -1.91. The van der Waals surface area contributed by atoms with Gasteiger partial charge in [-0.1, -0.05) is 0 Å². The van der Waals surface area contributed by atoms with Gasteiger partial charge in [0, 0.05) is 6.20 Å². The van der Waals surface area contributed by atoms with Gasteiger partial charge in [0.05, 0.1) is 10.0 Å². The SMILES string of the molecule is Nc1ncc(Br)c(F)c1C(F)F. The Bertz CT molecular complexity index is 303. The van der Waals surface area contributed by atoms with Gasteiger partial charge in [0.15, 0.2) is 5.82 Å². The summed E-state index contributed by atoms with van der Waals surface area (Å²) in [6, 6.07) is 0. The first-order chi connectivity index (χ1) is 5.54. The fraction of sp³-hybridized carbons (Fsp3) is 0.167. The van der Waals surface area contributed by atoms with E-state index >= 15 is 0 Å². The van der Waals surface area contributed by atoms with Gasteiger partial charge in [0.1, 0.15) is 5.82 Å². The maximum Gasteiger partial charge on any atom is 0.270 e. The largest absolute Gasteiger partial charge is 0.383 e. The molecule has 1 aromatic rings. The first-order valence-electron chi connectivity index (χ1n) is 2.91. The standard InChI is InChI=1S/C6H4BrF3N2/c7-2-1-12-6(11)3(4(2)8)5(9)10/h1,5H,(H2,11,12). The molecule has 0 amide bonds. The highest BCUT2D eigenvalue weighted by Gasteiger charge is 2.20. The van der Waals surface area contributed by atoms with Gasteiger partial charge in [-0.3, -0.25) is 0 Å². The summed E-state index contributed by atoms with van der Waals surface area (Å²) in [5.41, 5.74) is 4.18. The normalized spacial score (nSPS) is 10.8. The molecule has 12 heavy (non-hydrogen) atoms. The Morgan fingerprint density at radius 1 is 1.50 bits per heavy atom. The molecule has 0 fully saturated rings. The first kappa shape index (κ1) is 9.31. The van der Waals surface area contributed by atoms with Crippen LogP contribution in [0.5, 0.6) is 0 Å². The van der Waals surface area contributed by atoms with E-state index in [2.05, 4.69) is 20.9 Å². The van der Waals surface area contributed by atoms with Crippen molar-refractivity contribution >= 4 is 21.7 Å². The van der Waals surface area contributed by atoms with Crippen molar-refractivity contribution in [1.82, 2.24) is 4.98 Å². The molecule has 0 bridgehead atoms. The van der Waals surface area contributed by atoms with E-state index in [9.17, 15) is 13.2 Å². The Morgan fingerprint density at radius 2 is 2.08 bits per heavy atom. The third-order valence-corrected chi connectivity index (χ3v) is 1.81. The number of nitrogens with two attached hydrogens (primary N) is 1. The van der Waals surface area contributed by atoms with Crippen LogP contribution < -0.4 is 5.73 Å². The summed E-state index contributed by atoms with van der Waals surface area (Å²) < 4.78 is 36.9. The van der Waals surface area contributed by atoms with Gasteiger partial charge in [-0.25, -0.2) is 18.2 Å². The molecular weight excluding hydrogens is 237 g/mol. The van der Waals surface area contributed by atoms with Crippen LogP contribution in [0.15, 0.2) is 10.7 Å². The van der Waals surface area contributed by atoms with Crippen molar-refractivity contribution in [2.75, 3.05) is 5.73 Å². The second-order valence-corrected chi connectivity index (χ2v) is 2.87. The van der Waals surface area contributed by atoms with E-state index in [1.807, 2.05) is 0 Å². The van der Waals surface area contributed by atoms with Gasteiger partial charge in [-0.05, 0) is 15.9 Å². The van der Waals surface area contributed by atoms with Crippen molar-refractivity contribution in [3.63, 3.8) is 0 Å². The molecule has 0 spiro atoms. The number of nitrogen functional groups attached to an aromatic ring is 1. The Labute approximate surface area is 74.7 Å². The predicted molar refractivity (Wildman–Crippen MR) is 41.3 cm³/mol. The van der Waals surface area contributed by atoms with Crippen molar-refractivity contribution in [3.8, 4) is 0 Å². The summed E-state index contributed by atoms with van der Waals surface area (Å²) in [5.74, 6) is -1.54. The van der Waals surface area contributed by atoms with E-state index in [0.717, 1.165) is 6.20 Å². The Kier molecular flexibility index (Phi) is 2.56.